The van der Waals surface area contributed by atoms with Gasteiger partial charge in [0.1, 0.15) is 30.7 Å². The van der Waals surface area contributed by atoms with Crippen molar-refractivity contribution in [3.05, 3.63) is 88.5 Å². The van der Waals surface area contributed by atoms with E-state index in [9.17, 15) is 24.6 Å². The lowest BCUT2D eigenvalue weighted by molar-refractivity contribution is -0.118. The molecule has 7 heteroatoms. The Labute approximate surface area is 172 Å². The van der Waals surface area contributed by atoms with E-state index < -0.39 is 18.4 Å². The third kappa shape index (κ3) is 4.37. The largest absolute Gasteiger partial charge is 0.508 e. The van der Waals surface area contributed by atoms with Crippen molar-refractivity contribution in [2.75, 3.05) is 11.9 Å². The Hall–Kier alpha value is -3.97. The van der Waals surface area contributed by atoms with Crippen LogP contribution >= 0.6 is 0 Å². The second kappa shape index (κ2) is 9.02. The highest BCUT2D eigenvalue weighted by Crippen LogP contribution is 2.41. The average Bonchev–Trinajstić information content (AvgIpc) is 2.76. The molecular weight excluding hydrogens is 386 g/mol. The SMILES string of the molecule is O=Cc1ccc(O)c(C(c2cccc(NC(=O)CO)c2)c2cc(C=O)ccc2O)c1. The molecule has 1 amide bonds. The average molecular weight is 405 g/mol. The molecule has 3 aromatic rings. The molecule has 0 radical (unpaired) electrons. The zero-order chi connectivity index (χ0) is 21.7. The van der Waals surface area contributed by atoms with Crippen LogP contribution in [0.3, 0.4) is 0 Å². The molecule has 3 rings (SSSR count). The summed E-state index contributed by atoms with van der Waals surface area (Å²) in [6.07, 6.45) is 1.28. The van der Waals surface area contributed by atoms with E-state index in [1.54, 1.807) is 24.3 Å². The first-order valence-electron chi connectivity index (χ1n) is 9.03. The van der Waals surface area contributed by atoms with Crippen LogP contribution in [0.15, 0.2) is 60.7 Å². The Bertz CT molecular complexity index is 1050. The summed E-state index contributed by atoms with van der Waals surface area (Å²) in [5.41, 5.74) is 2.29. The number of phenols is 2. The molecule has 0 bridgehead atoms. The second-order valence-corrected chi connectivity index (χ2v) is 6.64. The molecule has 152 valence electrons. The van der Waals surface area contributed by atoms with Crippen LogP contribution in [-0.4, -0.2) is 40.4 Å². The van der Waals surface area contributed by atoms with Gasteiger partial charge in [0.2, 0.25) is 5.91 Å². The monoisotopic (exact) mass is 405 g/mol. The lowest BCUT2D eigenvalue weighted by Gasteiger charge is -2.22. The van der Waals surface area contributed by atoms with Crippen LogP contribution in [0.2, 0.25) is 0 Å². The summed E-state index contributed by atoms with van der Waals surface area (Å²) in [5, 5.41) is 32.6. The zero-order valence-electron chi connectivity index (χ0n) is 15.8. The van der Waals surface area contributed by atoms with E-state index in [1.165, 1.54) is 36.4 Å². The van der Waals surface area contributed by atoms with Crippen LogP contribution in [0.5, 0.6) is 11.5 Å². The second-order valence-electron chi connectivity index (χ2n) is 6.64. The topological polar surface area (TPSA) is 124 Å². The van der Waals surface area contributed by atoms with E-state index >= 15 is 0 Å². The highest BCUT2D eigenvalue weighted by atomic mass is 16.3. The third-order valence-corrected chi connectivity index (χ3v) is 4.64. The third-order valence-electron chi connectivity index (χ3n) is 4.64. The van der Waals surface area contributed by atoms with Crippen molar-refractivity contribution in [3.63, 3.8) is 0 Å². The van der Waals surface area contributed by atoms with Gasteiger partial charge in [0, 0.05) is 33.9 Å². The first-order chi connectivity index (χ1) is 14.5. The number of carbonyl (C=O) groups is 3. The molecular formula is C23H19NO6. The number of benzene rings is 3. The summed E-state index contributed by atoms with van der Waals surface area (Å²) >= 11 is 0. The Morgan fingerprint density at radius 2 is 1.43 bits per heavy atom. The minimum atomic E-state index is -0.754. The van der Waals surface area contributed by atoms with Gasteiger partial charge in [-0.3, -0.25) is 14.4 Å². The fourth-order valence-corrected chi connectivity index (χ4v) is 3.28. The summed E-state index contributed by atoms with van der Waals surface area (Å²) in [6, 6.07) is 15.3. The van der Waals surface area contributed by atoms with Crippen molar-refractivity contribution in [3.8, 4) is 11.5 Å². The molecule has 0 aromatic heterocycles. The van der Waals surface area contributed by atoms with Crippen LogP contribution < -0.4 is 5.32 Å². The zero-order valence-corrected chi connectivity index (χ0v) is 15.8. The van der Waals surface area contributed by atoms with Crippen LogP contribution in [0.4, 0.5) is 5.69 Å². The van der Waals surface area contributed by atoms with Crippen LogP contribution in [0.1, 0.15) is 43.3 Å². The highest BCUT2D eigenvalue weighted by molar-refractivity contribution is 5.91. The van der Waals surface area contributed by atoms with Crippen molar-refractivity contribution in [1.82, 2.24) is 0 Å². The number of carbonyl (C=O) groups excluding carboxylic acids is 3. The van der Waals surface area contributed by atoms with Crippen molar-refractivity contribution >= 4 is 24.2 Å². The number of aldehydes is 2. The molecule has 30 heavy (non-hydrogen) atoms. The van der Waals surface area contributed by atoms with Gasteiger partial charge in [0.15, 0.2) is 0 Å². The minimum Gasteiger partial charge on any atom is -0.508 e. The number of anilines is 1. The van der Waals surface area contributed by atoms with Crippen molar-refractivity contribution in [2.45, 2.75) is 5.92 Å². The number of hydrogen-bond acceptors (Lipinski definition) is 6. The van der Waals surface area contributed by atoms with E-state index in [1.807, 2.05) is 0 Å². The fraction of sp³-hybridized carbons (Fsp3) is 0.0870. The molecule has 0 saturated carbocycles. The Kier molecular flexibility index (Phi) is 6.24. The lowest BCUT2D eigenvalue weighted by atomic mass is 9.83. The van der Waals surface area contributed by atoms with Gasteiger partial charge in [-0.15, -0.1) is 0 Å². The minimum absolute atomic E-state index is 0.105. The summed E-state index contributed by atoms with van der Waals surface area (Å²) in [6.45, 7) is -0.683. The molecule has 0 fully saturated rings. The predicted molar refractivity (Wildman–Crippen MR) is 110 cm³/mol. The maximum atomic E-state index is 11.6. The summed E-state index contributed by atoms with van der Waals surface area (Å²) in [7, 11) is 0. The molecule has 4 N–H and O–H groups in total. The van der Waals surface area contributed by atoms with Gasteiger partial charge in [-0.1, -0.05) is 12.1 Å². The Morgan fingerprint density at radius 1 is 0.867 bits per heavy atom. The molecule has 0 atom stereocenters. The smallest absolute Gasteiger partial charge is 0.250 e. The number of hydrogen-bond donors (Lipinski definition) is 4. The molecule has 0 aliphatic rings. The molecule has 0 saturated heterocycles. The summed E-state index contributed by atoms with van der Waals surface area (Å²) < 4.78 is 0. The molecule has 7 nitrogen and oxygen atoms in total. The summed E-state index contributed by atoms with van der Waals surface area (Å²) in [4.78, 5) is 34.1. The quantitative estimate of drug-likeness (QED) is 0.354. The van der Waals surface area contributed by atoms with Gasteiger partial charge >= 0.3 is 0 Å². The van der Waals surface area contributed by atoms with Gasteiger partial charge in [-0.2, -0.15) is 0 Å². The number of aromatic hydroxyl groups is 2. The summed E-state index contributed by atoms with van der Waals surface area (Å²) in [5.74, 6) is -1.56. The maximum Gasteiger partial charge on any atom is 0.250 e. The Morgan fingerprint density at radius 3 is 1.93 bits per heavy atom. The van der Waals surface area contributed by atoms with E-state index in [0.717, 1.165) is 0 Å². The van der Waals surface area contributed by atoms with Gasteiger partial charge < -0.3 is 20.6 Å². The molecule has 3 aromatic carbocycles. The number of aliphatic hydroxyl groups is 1. The number of nitrogens with one attached hydrogen (secondary N) is 1. The molecule has 0 unspecified atom stereocenters. The molecule has 0 heterocycles. The van der Waals surface area contributed by atoms with E-state index in [-0.39, 0.29) is 11.5 Å². The molecule has 0 spiro atoms. The van der Waals surface area contributed by atoms with Crippen LogP contribution in [-0.2, 0) is 4.79 Å². The number of aliphatic hydroxyl groups excluding tert-OH is 1. The first kappa shape index (κ1) is 20.8. The molecule has 0 aliphatic carbocycles. The van der Waals surface area contributed by atoms with Crippen molar-refractivity contribution in [2.24, 2.45) is 0 Å². The fourth-order valence-electron chi connectivity index (χ4n) is 3.28. The molecule has 0 aliphatic heterocycles. The van der Waals surface area contributed by atoms with Gasteiger partial charge in [-0.25, -0.2) is 0 Å². The van der Waals surface area contributed by atoms with Gasteiger partial charge in [0.25, 0.3) is 0 Å². The van der Waals surface area contributed by atoms with Gasteiger partial charge in [0.05, 0.1) is 0 Å². The van der Waals surface area contributed by atoms with E-state index in [2.05, 4.69) is 5.32 Å². The first-order valence-corrected chi connectivity index (χ1v) is 9.03. The maximum absolute atomic E-state index is 11.6. The number of amides is 1. The van der Waals surface area contributed by atoms with Crippen LogP contribution in [0, 0.1) is 0 Å². The standard InChI is InChI=1S/C23H19NO6/c25-11-14-4-6-20(28)18(8-14)23(19-9-15(12-26)5-7-21(19)29)16-2-1-3-17(10-16)24-22(30)13-27/h1-12,23,27-29H,13H2,(H,24,30). The number of phenolic OH excluding ortho intramolecular Hbond substituents is 2. The van der Waals surface area contributed by atoms with Gasteiger partial charge in [-0.05, 0) is 54.1 Å². The normalized spacial score (nSPS) is 10.6. The lowest BCUT2D eigenvalue weighted by Crippen LogP contribution is -2.15. The van der Waals surface area contributed by atoms with Crippen molar-refractivity contribution < 1.29 is 29.7 Å². The highest BCUT2D eigenvalue weighted by Gasteiger charge is 2.24. The van der Waals surface area contributed by atoms with E-state index in [0.29, 0.717) is 46.1 Å². The number of rotatable bonds is 7. The van der Waals surface area contributed by atoms with Crippen LogP contribution in [0.25, 0.3) is 0 Å². The van der Waals surface area contributed by atoms with E-state index in [4.69, 9.17) is 5.11 Å². The Balaban J connectivity index is 2.24. The predicted octanol–water partition coefficient (Wildman–Crippen LogP) is 2.83. The van der Waals surface area contributed by atoms with Crippen molar-refractivity contribution in [1.29, 1.82) is 0 Å².